The first-order chi connectivity index (χ1) is 4.84. The summed E-state index contributed by atoms with van der Waals surface area (Å²) in [5, 5.41) is 1.47. The Balaban J connectivity index is 3.16. The van der Waals surface area contributed by atoms with E-state index in [0.29, 0.717) is 5.69 Å². The molecule has 0 saturated heterocycles. The van der Waals surface area contributed by atoms with Crippen LogP contribution in [0.1, 0.15) is 5.69 Å². The fourth-order valence-electron chi connectivity index (χ4n) is 0.552. The van der Waals surface area contributed by atoms with E-state index < -0.39 is 0 Å². The van der Waals surface area contributed by atoms with E-state index in [2.05, 4.69) is 22.6 Å². The summed E-state index contributed by atoms with van der Waals surface area (Å²) in [4.78, 5) is 17.1. The predicted octanol–water partition coefficient (Wildman–Crippen LogP) is 0.670. The molecule has 1 N–H and O–H groups in total. The highest BCUT2D eigenvalue weighted by atomic mass is 32.1. The zero-order valence-corrected chi connectivity index (χ0v) is 6.01. The first kappa shape index (κ1) is 7.08. The highest BCUT2D eigenvalue weighted by Gasteiger charge is 1.90. The summed E-state index contributed by atoms with van der Waals surface area (Å²) in [7, 11) is 0. The van der Waals surface area contributed by atoms with Crippen LogP contribution in [-0.2, 0) is 0 Å². The van der Waals surface area contributed by atoms with Crippen molar-refractivity contribution >= 4 is 18.7 Å². The molecule has 0 atom stereocenters. The van der Waals surface area contributed by atoms with Gasteiger partial charge in [0.1, 0.15) is 5.69 Å². The van der Waals surface area contributed by atoms with Crippen molar-refractivity contribution in [1.82, 2.24) is 9.97 Å². The first-order valence-corrected chi connectivity index (χ1v) is 3.20. The molecule has 1 heterocycles. The van der Waals surface area contributed by atoms with Gasteiger partial charge in [-0.3, -0.25) is 4.79 Å². The van der Waals surface area contributed by atoms with E-state index in [1.54, 1.807) is 0 Å². The second-order valence-corrected chi connectivity index (χ2v) is 1.92. The van der Waals surface area contributed by atoms with E-state index in [9.17, 15) is 4.79 Å². The molecule has 0 unspecified atom stereocenters. The number of thiol groups is 1. The highest BCUT2D eigenvalue weighted by molar-refractivity contribution is 7.83. The monoisotopic (exact) mass is 154 g/mol. The van der Waals surface area contributed by atoms with Crippen LogP contribution in [0, 0.1) is 0 Å². The van der Waals surface area contributed by atoms with Gasteiger partial charge in [-0.2, -0.15) is 12.6 Å². The average molecular weight is 154 g/mol. The lowest BCUT2D eigenvalue weighted by Gasteiger charge is -1.86. The molecule has 0 amide bonds. The van der Waals surface area contributed by atoms with E-state index >= 15 is 0 Å². The Hall–Kier alpha value is -1.03. The molecule has 0 aliphatic heterocycles. The number of rotatable bonds is 1. The summed E-state index contributed by atoms with van der Waals surface area (Å²) in [5.41, 5.74) is 0.172. The van der Waals surface area contributed by atoms with Crippen LogP contribution in [0.3, 0.4) is 0 Å². The molecule has 52 valence electrons. The van der Waals surface area contributed by atoms with Gasteiger partial charge in [0.25, 0.3) is 5.56 Å². The van der Waals surface area contributed by atoms with Crippen molar-refractivity contribution in [2.24, 2.45) is 0 Å². The number of nitrogens with zero attached hydrogens (tertiary/aromatic N) is 1. The normalized spacial score (nSPS) is 10.5. The van der Waals surface area contributed by atoms with E-state index in [4.69, 9.17) is 0 Å². The molecule has 0 aliphatic rings. The van der Waals surface area contributed by atoms with Gasteiger partial charge in [-0.05, 0) is 11.5 Å². The summed E-state index contributed by atoms with van der Waals surface area (Å²) in [6.45, 7) is 0. The number of aromatic nitrogens is 2. The summed E-state index contributed by atoms with van der Waals surface area (Å²) < 4.78 is 0. The fraction of sp³-hybridized carbons (Fsp3) is 0. The van der Waals surface area contributed by atoms with Gasteiger partial charge < -0.3 is 4.98 Å². The van der Waals surface area contributed by atoms with Crippen molar-refractivity contribution in [3.63, 3.8) is 0 Å². The summed E-state index contributed by atoms with van der Waals surface area (Å²) in [5.74, 6) is 0. The van der Waals surface area contributed by atoms with Crippen LogP contribution in [0.2, 0.25) is 0 Å². The maximum absolute atomic E-state index is 10.8. The van der Waals surface area contributed by atoms with Crippen LogP contribution in [0.4, 0.5) is 0 Å². The molecule has 0 aliphatic carbocycles. The van der Waals surface area contributed by atoms with E-state index in [1.165, 1.54) is 23.9 Å². The zero-order valence-electron chi connectivity index (χ0n) is 5.11. The molecule has 10 heavy (non-hydrogen) atoms. The molecule has 1 aromatic rings. The molecule has 0 aromatic carbocycles. The molecule has 1 aromatic heterocycles. The number of hydrogen-bond donors (Lipinski definition) is 2. The third kappa shape index (κ3) is 1.48. The van der Waals surface area contributed by atoms with Crippen molar-refractivity contribution in [3.05, 3.63) is 33.8 Å². The molecule has 4 heteroatoms. The largest absolute Gasteiger partial charge is 0.326 e. The van der Waals surface area contributed by atoms with Gasteiger partial charge in [0.15, 0.2) is 0 Å². The maximum Gasteiger partial charge on any atom is 0.273 e. The standard InChI is InChI=1S/C6H6N2OS/c9-6-5(1-4-10)7-2-3-8-6/h1-4,10H,(H,8,9)/b4-1+. The lowest BCUT2D eigenvalue weighted by Crippen LogP contribution is -2.09. The van der Waals surface area contributed by atoms with Crippen LogP contribution in [0.5, 0.6) is 0 Å². The first-order valence-electron chi connectivity index (χ1n) is 2.69. The third-order valence-electron chi connectivity index (χ3n) is 0.968. The molecular weight excluding hydrogens is 148 g/mol. The Morgan fingerprint density at radius 3 is 3.10 bits per heavy atom. The summed E-state index contributed by atoms with van der Waals surface area (Å²) >= 11 is 3.81. The summed E-state index contributed by atoms with van der Waals surface area (Å²) in [6, 6.07) is 0. The van der Waals surface area contributed by atoms with Gasteiger partial charge in [-0.15, -0.1) is 0 Å². The molecule has 0 spiro atoms. The van der Waals surface area contributed by atoms with Crippen molar-refractivity contribution in [3.8, 4) is 0 Å². The smallest absolute Gasteiger partial charge is 0.273 e. The van der Waals surface area contributed by atoms with Crippen molar-refractivity contribution in [2.45, 2.75) is 0 Å². The Labute approximate surface area is 63.2 Å². The second kappa shape index (κ2) is 3.22. The molecule has 3 nitrogen and oxygen atoms in total. The highest BCUT2D eigenvalue weighted by Crippen LogP contribution is 1.88. The predicted molar refractivity (Wildman–Crippen MR) is 42.9 cm³/mol. The Bertz CT molecular complexity index is 292. The van der Waals surface area contributed by atoms with Crippen LogP contribution in [0.15, 0.2) is 22.6 Å². The lowest BCUT2D eigenvalue weighted by molar-refractivity contribution is 1.12. The molecule has 0 radical (unpaired) electrons. The minimum atomic E-state index is -0.201. The van der Waals surface area contributed by atoms with Crippen LogP contribution in [0.25, 0.3) is 6.08 Å². The number of aromatic amines is 1. The minimum Gasteiger partial charge on any atom is -0.326 e. The van der Waals surface area contributed by atoms with E-state index in [0.717, 1.165) is 0 Å². The van der Waals surface area contributed by atoms with Crippen LogP contribution >= 0.6 is 12.6 Å². The number of hydrogen-bond acceptors (Lipinski definition) is 3. The van der Waals surface area contributed by atoms with Gasteiger partial charge in [-0.25, -0.2) is 4.98 Å². The van der Waals surface area contributed by atoms with Gasteiger partial charge in [0.2, 0.25) is 0 Å². The Kier molecular flexibility index (Phi) is 2.28. The Morgan fingerprint density at radius 1 is 1.70 bits per heavy atom. The van der Waals surface area contributed by atoms with Gasteiger partial charge in [0, 0.05) is 12.4 Å². The van der Waals surface area contributed by atoms with Gasteiger partial charge in [0.05, 0.1) is 0 Å². The lowest BCUT2D eigenvalue weighted by atomic mass is 10.4. The van der Waals surface area contributed by atoms with Crippen molar-refractivity contribution in [2.75, 3.05) is 0 Å². The van der Waals surface area contributed by atoms with Gasteiger partial charge in [-0.1, -0.05) is 0 Å². The SMILES string of the molecule is O=c1[nH]ccnc1/C=C/S. The average Bonchev–Trinajstić information content (AvgIpc) is 1.94. The van der Waals surface area contributed by atoms with E-state index in [1.807, 2.05) is 0 Å². The quantitative estimate of drug-likeness (QED) is 0.584. The molecule has 0 bridgehead atoms. The number of H-pyrrole nitrogens is 1. The van der Waals surface area contributed by atoms with Crippen molar-refractivity contribution in [1.29, 1.82) is 0 Å². The maximum atomic E-state index is 10.8. The second-order valence-electron chi connectivity index (χ2n) is 1.62. The molecule has 1 rings (SSSR count). The third-order valence-corrected chi connectivity index (χ3v) is 1.12. The molecular formula is C6H6N2OS. The molecule has 0 fully saturated rings. The van der Waals surface area contributed by atoms with Crippen molar-refractivity contribution < 1.29 is 0 Å². The molecule has 0 saturated carbocycles. The van der Waals surface area contributed by atoms with Crippen LogP contribution in [-0.4, -0.2) is 9.97 Å². The van der Waals surface area contributed by atoms with Gasteiger partial charge >= 0.3 is 0 Å². The minimum absolute atomic E-state index is 0.201. The number of nitrogens with one attached hydrogen (secondary N) is 1. The zero-order chi connectivity index (χ0) is 7.40. The van der Waals surface area contributed by atoms with E-state index in [-0.39, 0.29) is 5.56 Å². The fourth-order valence-corrected chi connectivity index (χ4v) is 0.694. The summed E-state index contributed by atoms with van der Waals surface area (Å²) in [6.07, 6.45) is 4.53. The topological polar surface area (TPSA) is 45.8 Å². The Morgan fingerprint density at radius 2 is 2.50 bits per heavy atom. The van der Waals surface area contributed by atoms with Crippen LogP contribution < -0.4 is 5.56 Å².